The summed E-state index contributed by atoms with van der Waals surface area (Å²) in [5.41, 5.74) is 8.23. The summed E-state index contributed by atoms with van der Waals surface area (Å²) in [5.74, 6) is 0.537. The van der Waals surface area contributed by atoms with Gasteiger partial charge in [-0.15, -0.1) is 0 Å². The minimum absolute atomic E-state index is 0.0331. The molecule has 1 amide bonds. The fourth-order valence-corrected chi connectivity index (χ4v) is 7.42. The summed E-state index contributed by atoms with van der Waals surface area (Å²) in [6, 6.07) is 2.39. The topological polar surface area (TPSA) is 99.8 Å². The van der Waals surface area contributed by atoms with Crippen LogP contribution < -0.4 is 15.5 Å². The van der Waals surface area contributed by atoms with Crippen LogP contribution in [0, 0.1) is 0 Å². The molecule has 5 aliphatic heterocycles. The fraction of sp³-hybridized carbons (Fsp3) is 0.594. The highest BCUT2D eigenvalue weighted by Crippen LogP contribution is 2.43. The maximum Gasteiger partial charge on any atom is 0.281 e. The van der Waals surface area contributed by atoms with E-state index in [-0.39, 0.29) is 23.7 Å². The van der Waals surface area contributed by atoms with Gasteiger partial charge in [0, 0.05) is 76.6 Å². The Morgan fingerprint density at radius 1 is 1.23 bits per heavy atom. The molecule has 0 aliphatic carbocycles. The Bertz CT molecular complexity index is 1350. The minimum atomic E-state index is -2.69. The number of rotatable bonds is 7. The van der Waals surface area contributed by atoms with E-state index in [2.05, 4.69) is 26.3 Å². The summed E-state index contributed by atoms with van der Waals surface area (Å²) >= 11 is 0. The second-order valence-electron chi connectivity index (χ2n) is 12.3. The summed E-state index contributed by atoms with van der Waals surface area (Å²) in [4.78, 5) is 30.2. The van der Waals surface area contributed by atoms with Crippen molar-refractivity contribution in [1.29, 1.82) is 0 Å². The van der Waals surface area contributed by atoms with Crippen LogP contribution in [0.25, 0.3) is 6.08 Å². The van der Waals surface area contributed by atoms with E-state index in [9.17, 15) is 13.6 Å². The Labute approximate surface area is 257 Å². The number of nitrogens with two attached hydrogens (primary N) is 1. The number of aliphatic imine (C=N–C) groups is 1. The van der Waals surface area contributed by atoms with Gasteiger partial charge >= 0.3 is 0 Å². The number of piperazine rings is 1. The van der Waals surface area contributed by atoms with E-state index in [0.29, 0.717) is 69.7 Å². The van der Waals surface area contributed by atoms with Crippen LogP contribution in [-0.4, -0.2) is 116 Å². The molecule has 238 valence electrons. The molecule has 3 fully saturated rings. The van der Waals surface area contributed by atoms with E-state index in [1.54, 1.807) is 13.3 Å². The van der Waals surface area contributed by atoms with E-state index < -0.39 is 12.0 Å². The van der Waals surface area contributed by atoms with Gasteiger partial charge in [0.1, 0.15) is 17.1 Å². The number of methoxy groups -OCH3 is 1. The van der Waals surface area contributed by atoms with Crippen LogP contribution in [0.2, 0.25) is 0 Å². The molecular formula is C32H43F2N7O3. The molecule has 0 bridgehead atoms. The highest BCUT2D eigenvalue weighted by molar-refractivity contribution is 6.06. The first-order valence-corrected chi connectivity index (χ1v) is 15.5. The molecule has 12 heteroatoms. The molecule has 5 aliphatic rings. The van der Waals surface area contributed by atoms with Gasteiger partial charge in [0.2, 0.25) is 5.91 Å². The van der Waals surface area contributed by atoms with Crippen LogP contribution >= 0.6 is 0 Å². The number of aromatic nitrogens is 1. The zero-order valence-electron chi connectivity index (χ0n) is 25.6. The van der Waals surface area contributed by atoms with Crippen LogP contribution in [0.5, 0.6) is 0 Å². The summed E-state index contributed by atoms with van der Waals surface area (Å²) < 4.78 is 40.8. The number of hydrogen-bond donors (Lipinski definition) is 1. The molecule has 2 unspecified atom stereocenters. The maximum absolute atomic E-state index is 14.5. The number of amides is 1. The molecule has 6 heterocycles. The SMILES string of the molecule is C=CC(=O)N1CCN([C@@H]2CN3c4cc(N5CCC6(CC5)OCC(COC)N=C6/C(C)=C\N)nc(C(F)F)c4C=CCC23)CC1. The molecule has 3 saturated heterocycles. The Morgan fingerprint density at radius 3 is 2.64 bits per heavy atom. The van der Waals surface area contributed by atoms with E-state index in [4.69, 9.17) is 20.2 Å². The van der Waals surface area contributed by atoms with Gasteiger partial charge < -0.3 is 29.9 Å². The number of hydrogen-bond acceptors (Lipinski definition) is 9. The standard InChI is InChI=1S/C32H43F2N7O3/c1-4-28(42)40-14-12-38(13-15-40)26-18-41-24(26)7-5-6-23-25(41)16-27(37-29(23)31(33)34)39-10-8-32(9-11-39)30(21(2)17-35)36-22(19-43-3)20-44-32/h4-6,16-17,22,24,26,31H,1,7-15,18-20,35H2,2-3H3/b21-17-/t22?,24?,26-/m1/s1. The van der Waals surface area contributed by atoms with Crippen LogP contribution in [0.3, 0.4) is 0 Å². The molecule has 10 nitrogen and oxygen atoms in total. The number of halogens is 2. The van der Waals surface area contributed by atoms with Gasteiger partial charge in [0.15, 0.2) is 0 Å². The molecule has 1 spiro atoms. The van der Waals surface area contributed by atoms with Crippen molar-refractivity contribution >= 4 is 29.2 Å². The van der Waals surface area contributed by atoms with Gasteiger partial charge in [-0.3, -0.25) is 14.7 Å². The highest BCUT2D eigenvalue weighted by Gasteiger charge is 2.46. The van der Waals surface area contributed by atoms with Crippen molar-refractivity contribution < 1.29 is 23.0 Å². The largest absolute Gasteiger partial charge is 0.404 e. The third-order valence-corrected chi connectivity index (χ3v) is 9.90. The number of carbonyl (C=O) groups is 1. The van der Waals surface area contributed by atoms with Crippen molar-refractivity contribution in [3.05, 3.63) is 47.8 Å². The molecular weight excluding hydrogens is 568 g/mol. The van der Waals surface area contributed by atoms with Gasteiger partial charge in [-0.25, -0.2) is 13.8 Å². The molecule has 0 radical (unpaired) electrons. The van der Waals surface area contributed by atoms with Gasteiger partial charge in [-0.05, 0) is 44.0 Å². The first kappa shape index (κ1) is 30.7. The number of alkyl halides is 2. The Morgan fingerprint density at radius 2 is 1.98 bits per heavy atom. The van der Waals surface area contributed by atoms with E-state index in [1.807, 2.05) is 30.0 Å². The Kier molecular flexibility index (Phi) is 8.76. The maximum atomic E-state index is 14.5. The smallest absolute Gasteiger partial charge is 0.281 e. The van der Waals surface area contributed by atoms with Crippen molar-refractivity contribution in [3.63, 3.8) is 0 Å². The van der Waals surface area contributed by atoms with Gasteiger partial charge in [0.05, 0.1) is 30.7 Å². The van der Waals surface area contributed by atoms with E-state index >= 15 is 0 Å². The number of piperidine rings is 1. The number of carbonyl (C=O) groups excluding carboxylic acids is 1. The third kappa shape index (κ3) is 5.52. The highest BCUT2D eigenvalue weighted by atomic mass is 19.3. The Hall–Kier alpha value is -3.35. The average Bonchev–Trinajstić information content (AvgIpc) is 3.17. The predicted octanol–water partition coefficient (Wildman–Crippen LogP) is 3.01. The summed E-state index contributed by atoms with van der Waals surface area (Å²) in [5, 5.41) is 0. The van der Waals surface area contributed by atoms with Gasteiger partial charge in [0.25, 0.3) is 6.43 Å². The molecule has 0 saturated carbocycles. The minimum Gasteiger partial charge on any atom is -0.404 e. The number of nitrogens with zero attached hydrogens (tertiary/aromatic N) is 6. The van der Waals surface area contributed by atoms with Gasteiger partial charge in [-0.2, -0.15) is 0 Å². The van der Waals surface area contributed by atoms with Crippen molar-refractivity contribution in [2.75, 3.05) is 75.9 Å². The zero-order chi connectivity index (χ0) is 31.0. The lowest BCUT2D eigenvalue weighted by Crippen LogP contribution is -2.69. The zero-order valence-corrected chi connectivity index (χ0v) is 25.6. The molecule has 44 heavy (non-hydrogen) atoms. The first-order chi connectivity index (χ1) is 21.3. The van der Waals surface area contributed by atoms with E-state index in [1.165, 1.54) is 6.08 Å². The second kappa shape index (κ2) is 12.6. The van der Waals surface area contributed by atoms with Crippen LogP contribution in [0.1, 0.15) is 43.9 Å². The molecule has 1 aromatic heterocycles. The lowest BCUT2D eigenvalue weighted by Gasteiger charge is -2.55. The van der Waals surface area contributed by atoms with Crippen molar-refractivity contribution in [2.45, 2.75) is 56.3 Å². The summed E-state index contributed by atoms with van der Waals surface area (Å²) in [7, 11) is 1.65. The quantitative estimate of drug-likeness (QED) is 0.470. The van der Waals surface area contributed by atoms with Crippen LogP contribution in [0.4, 0.5) is 20.3 Å². The number of pyridine rings is 1. The lowest BCUT2D eigenvalue weighted by atomic mass is 9.82. The third-order valence-electron chi connectivity index (χ3n) is 9.90. The van der Waals surface area contributed by atoms with E-state index in [0.717, 1.165) is 43.0 Å². The lowest BCUT2D eigenvalue weighted by molar-refractivity contribution is -0.128. The monoisotopic (exact) mass is 611 g/mol. The Balaban J connectivity index is 1.21. The predicted molar refractivity (Wildman–Crippen MR) is 167 cm³/mol. The van der Waals surface area contributed by atoms with Crippen molar-refractivity contribution in [2.24, 2.45) is 10.7 Å². The molecule has 2 N–H and O–H groups in total. The molecule has 1 aromatic rings. The summed E-state index contributed by atoms with van der Waals surface area (Å²) in [6.07, 6.45) is 6.15. The van der Waals surface area contributed by atoms with Crippen molar-refractivity contribution in [1.82, 2.24) is 14.8 Å². The van der Waals surface area contributed by atoms with Crippen molar-refractivity contribution in [3.8, 4) is 0 Å². The number of ether oxygens (including phenoxy) is 2. The number of fused-ring (bicyclic) bond motifs is 3. The average molecular weight is 612 g/mol. The first-order valence-electron chi connectivity index (χ1n) is 15.5. The molecule has 6 rings (SSSR count). The van der Waals surface area contributed by atoms with Crippen LogP contribution in [0.15, 0.2) is 41.6 Å². The normalized spacial score (nSPS) is 27.0. The molecule has 0 aromatic carbocycles. The van der Waals surface area contributed by atoms with Gasteiger partial charge in [-0.1, -0.05) is 18.7 Å². The number of anilines is 2. The second-order valence-corrected chi connectivity index (χ2v) is 12.3. The summed E-state index contributed by atoms with van der Waals surface area (Å²) in [6.45, 7) is 11.4. The molecule has 3 atom stereocenters. The fourth-order valence-electron chi connectivity index (χ4n) is 7.42. The van der Waals surface area contributed by atoms with Crippen LogP contribution in [-0.2, 0) is 14.3 Å².